The molecule has 1 aromatic heterocycles. The number of nitrogens with zero attached hydrogens (tertiary/aromatic N) is 4. The molecule has 9 heteroatoms. The molecule has 28 heavy (non-hydrogen) atoms. The van der Waals surface area contributed by atoms with Crippen molar-refractivity contribution in [3.8, 4) is 5.69 Å². The van der Waals surface area contributed by atoms with Gasteiger partial charge >= 0.3 is 0 Å². The zero-order valence-electron chi connectivity index (χ0n) is 15.1. The highest BCUT2D eigenvalue weighted by molar-refractivity contribution is 7.99. The number of ketones is 1. The lowest BCUT2D eigenvalue weighted by atomic mass is 10.1. The first kappa shape index (κ1) is 19.7. The van der Waals surface area contributed by atoms with Crippen LogP contribution in [-0.4, -0.2) is 42.4 Å². The van der Waals surface area contributed by atoms with Crippen LogP contribution in [0.4, 0.5) is 5.69 Å². The molecule has 1 unspecified atom stereocenters. The molecule has 0 aliphatic rings. The minimum absolute atomic E-state index is 0.0595. The Labute approximate surface area is 165 Å². The highest BCUT2D eigenvalue weighted by atomic mass is 32.2. The number of benzene rings is 2. The number of rotatable bonds is 8. The first-order chi connectivity index (χ1) is 13.5. The number of nitro groups is 1. The molecule has 144 valence electrons. The largest absolute Gasteiger partial charge is 0.393 e. The first-order valence-electron chi connectivity index (χ1n) is 8.54. The first-order valence-corrected chi connectivity index (χ1v) is 9.52. The summed E-state index contributed by atoms with van der Waals surface area (Å²) in [5, 5.41) is 29.3. The second-order valence-electron chi connectivity index (χ2n) is 6.14. The summed E-state index contributed by atoms with van der Waals surface area (Å²) in [7, 11) is 0. The monoisotopic (exact) mass is 398 g/mol. The van der Waals surface area contributed by atoms with Crippen molar-refractivity contribution in [2.24, 2.45) is 0 Å². The highest BCUT2D eigenvalue weighted by Crippen LogP contribution is 2.24. The fourth-order valence-electron chi connectivity index (χ4n) is 2.61. The van der Waals surface area contributed by atoms with Gasteiger partial charge in [-0.15, -0.1) is 10.2 Å². The van der Waals surface area contributed by atoms with Crippen molar-refractivity contribution in [2.45, 2.75) is 24.6 Å². The normalized spacial score (nSPS) is 11.9. The Morgan fingerprint density at radius 3 is 2.46 bits per heavy atom. The lowest BCUT2D eigenvalue weighted by Crippen LogP contribution is -2.11. The van der Waals surface area contributed by atoms with Crippen LogP contribution < -0.4 is 0 Å². The number of hydrogen-bond acceptors (Lipinski definition) is 7. The third-order valence-electron chi connectivity index (χ3n) is 3.93. The number of carbonyl (C=O) groups is 1. The van der Waals surface area contributed by atoms with Gasteiger partial charge in [-0.1, -0.05) is 30.0 Å². The third-order valence-corrected chi connectivity index (χ3v) is 4.85. The van der Waals surface area contributed by atoms with Crippen LogP contribution in [0.3, 0.4) is 0 Å². The van der Waals surface area contributed by atoms with Gasteiger partial charge in [-0.05, 0) is 31.2 Å². The maximum atomic E-state index is 12.4. The zero-order chi connectivity index (χ0) is 20.1. The molecule has 2 aromatic carbocycles. The smallest absolute Gasteiger partial charge is 0.269 e. The van der Waals surface area contributed by atoms with Crippen molar-refractivity contribution in [1.29, 1.82) is 0 Å². The number of aliphatic hydroxyl groups excluding tert-OH is 1. The maximum absolute atomic E-state index is 12.4. The van der Waals surface area contributed by atoms with Crippen molar-refractivity contribution in [3.05, 3.63) is 76.1 Å². The molecule has 3 aromatic rings. The van der Waals surface area contributed by atoms with E-state index in [2.05, 4.69) is 10.2 Å². The van der Waals surface area contributed by atoms with E-state index in [1.165, 1.54) is 36.0 Å². The quantitative estimate of drug-likeness (QED) is 0.269. The molecule has 0 saturated heterocycles. The van der Waals surface area contributed by atoms with Crippen molar-refractivity contribution >= 4 is 23.2 Å². The minimum atomic E-state index is -0.578. The topological polar surface area (TPSA) is 111 Å². The molecule has 8 nitrogen and oxygen atoms in total. The van der Waals surface area contributed by atoms with E-state index in [1.807, 2.05) is 34.9 Å². The van der Waals surface area contributed by atoms with Crippen LogP contribution in [0.25, 0.3) is 5.69 Å². The van der Waals surface area contributed by atoms with Gasteiger partial charge in [0.25, 0.3) is 5.69 Å². The highest BCUT2D eigenvalue weighted by Gasteiger charge is 2.18. The maximum Gasteiger partial charge on any atom is 0.269 e. The Bertz CT molecular complexity index is 971. The fourth-order valence-corrected chi connectivity index (χ4v) is 3.47. The predicted octanol–water partition coefficient (Wildman–Crippen LogP) is 3.07. The van der Waals surface area contributed by atoms with E-state index in [-0.39, 0.29) is 17.2 Å². The number of para-hydroxylation sites is 1. The summed E-state index contributed by atoms with van der Waals surface area (Å²) in [6.45, 7) is 1.68. The Morgan fingerprint density at radius 1 is 1.18 bits per heavy atom. The molecular weight excluding hydrogens is 380 g/mol. The molecule has 1 N–H and O–H groups in total. The number of nitro benzene ring substituents is 1. The standard InChI is InChI=1S/C19H18N4O4S/c1-13(24)11-18-20-21-19(22(18)15-5-3-2-4-6-15)28-12-17(25)14-7-9-16(10-8-14)23(26)27/h2-10,13,24H,11-12H2,1H3. The average molecular weight is 398 g/mol. The summed E-state index contributed by atoms with van der Waals surface area (Å²) in [5.74, 6) is 0.545. The molecule has 0 amide bonds. The van der Waals surface area contributed by atoms with Gasteiger partial charge in [0.1, 0.15) is 5.82 Å². The third kappa shape index (κ3) is 4.62. The second kappa shape index (κ2) is 8.77. The van der Waals surface area contributed by atoms with Crippen LogP contribution in [0.5, 0.6) is 0 Å². The number of Topliss-reactive ketones (excluding diaryl/α,β-unsaturated/α-hetero) is 1. The van der Waals surface area contributed by atoms with E-state index in [9.17, 15) is 20.0 Å². The summed E-state index contributed by atoms with van der Waals surface area (Å²) >= 11 is 1.23. The summed E-state index contributed by atoms with van der Waals surface area (Å²) in [4.78, 5) is 22.7. The van der Waals surface area contributed by atoms with Gasteiger partial charge in [0, 0.05) is 29.8 Å². The van der Waals surface area contributed by atoms with E-state index < -0.39 is 11.0 Å². The molecule has 0 fully saturated rings. The molecular formula is C19H18N4O4S. The van der Waals surface area contributed by atoms with Gasteiger partial charge in [0.2, 0.25) is 0 Å². The van der Waals surface area contributed by atoms with Crippen LogP contribution in [0.1, 0.15) is 23.1 Å². The summed E-state index contributed by atoms with van der Waals surface area (Å²) in [5.41, 5.74) is 1.18. The average Bonchev–Trinajstić information content (AvgIpc) is 3.08. The zero-order valence-corrected chi connectivity index (χ0v) is 15.9. The van der Waals surface area contributed by atoms with Crippen molar-refractivity contribution in [3.63, 3.8) is 0 Å². The van der Waals surface area contributed by atoms with E-state index in [1.54, 1.807) is 6.92 Å². The summed E-state index contributed by atoms with van der Waals surface area (Å²) < 4.78 is 1.82. The molecule has 1 heterocycles. The van der Waals surface area contributed by atoms with Crippen molar-refractivity contribution in [1.82, 2.24) is 14.8 Å². The van der Waals surface area contributed by atoms with Gasteiger partial charge in [-0.2, -0.15) is 0 Å². The lowest BCUT2D eigenvalue weighted by molar-refractivity contribution is -0.384. The van der Waals surface area contributed by atoms with Crippen LogP contribution >= 0.6 is 11.8 Å². The van der Waals surface area contributed by atoms with E-state index in [4.69, 9.17) is 0 Å². The van der Waals surface area contributed by atoms with Crippen LogP contribution in [-0.2, 0) is 6.42 Å². The summed E-state index contributed by atoms with van der Waals surface area (Å²) in [6.07, 6.45) is -0.245. The van der Waals surface area contributed by atoms with Crippen molar-refractivity contribution in [2.75, 3.05) is 5.75 Å². The van der Waals surface area contributed by atoms with E-state index in [0.29, 0.717) is 23.0 Å². The van der Waals surface area contributed by atoms with E-state index in [0.717, 1.165) is 5.69 Å². The molecule has 0 aliphatic carbocycles. The predicted molar refractivity (Wildman–Crippen MR) is 105 cm³/mol. The molecule has 0 spiro atoms. The van der Waals surface area contributed by atoms with E-state index >= 15 is 0 Å². The number of non-ortho nitro benzene ring substituents is 1. The number of thioether (sulfide) groups is 1. The van der Waals surface area contributed by atoms with Crippen molar-refractivity contribution < 1.29 is 14.8 Å². The number of aromatic nitrogens is 3. The molecule has 0 radical (unpaired) electrons. The second-order valence-corrected chi connectivity index (χ2v) is 7.08. The van der Waals surface area contributed by atoms with Crippen LogP contribution in [0.15, 0.2) is 59.8 Å². The SMILES string of the molecule is CC(O)Cc1nnc(SCC(=O)c2ccc([N+](=O)[O-])cc2)n1-c1ccccc1. The Hall–Kier alpha value is -3.04. The van der Waals surface area contributed by atoms with Gasteiger partial charge in [-0.3, -0.25) is 19.5 Å². The van der Waals surface area contributed by atoms with Gasteiger partial charge < -0.3 is 5.11 Å². The Balaban J connectivity index is 1.79. The van der Waals surface area contributed by atoms with Crippen LogP contribution in [0.2, 0.25) is 0 Å². The molecule has 0 bridgehead atoms. The Morgan fingerprint density at radius 2 is 1.86 bits per heavy atom. The van der Waals surface area contributed by atoms with Gasteiger partial charge in [0.05, 0.1) is 16.8 Å². The summed E-state index contributed by atoms with van der Waals surface area (Å²) in [6, 6.07) is 15.0. The van der Waals surface area contributed by atoms with Gasteiger partial charge in [0.15, 0.2) is 10.9 Å². The van der Waals surface area contributed by atoms with Gasteiger partial charge in [-0.25, -0.2) is 0 Å². The fraction of sp³-hybridized carbons (Fsp3) is 0.211. The molecule has 0 aliphatic heterocycles. The number of hydrogen-bond donors (Lipinski definition) is 1. The Kier molecular flexibility index (Phi) is 6.17. The molecule has 1 atom stereocenters. The molecule has 0 saturated carbocycles. The number of carbonyl (C=O) groups excluding carboxylic acids is 1. The molecule has 3 rings (SSSR count). The lowest BCUT2D eigenvalue weighted by Gasteiger charge is -2.11. The number of aliphatic hydroxyl groups is 1. The van der Waals surface area contributed by atoms with Crippen LogP contribution in [0, 0.1) is 10.1 Å². The minimum Gasteiger partial charge on any atom is -0.393 e.